The Kier molecular flexibility index (Phi) is 7.15. The second kappa shape index (κ2) is 7.50. The SMILES string of the molecule is CS(=O)(=O)CCCNC(=O)CSCC(=O)O. The molecule has 0 spiro atoms. The van der Waals surface area contributed by atoms with Gasteiger partial charge in [-0.2, -0.15) is 0 Å². The van der Waals surface area contributed by atoms with Gasteiger partial charge in [0.15, 0.2) is 0 Å². The van der Waals surface area contributed by atoms with Crippen molar-refractivity contribution in [1.29, 1.82) is 0 Å². The number of hydrogen-bond donors (Lipinski definition) is 2. The van der Waals surface area contributed by atoms with Crippen molar-refractivity contribution < 1.29 is 23.1 Å². The zero-order valence-electron chi connectivity index (χ0n) is 8.93. The van der Waals surface area contributed by atoms with E-state index in [1.165, 1.54) is 0 Å². The largest absolute Gasteiger partial charge is 0.481 e. The standard InChI is InChI=1S/C8H15NO5S2/c1-16(13,14)4-2-3-9-7(10)5-15-6-8(11)12/h2-6H2,1H3,(H,9,10)(H,11,12). The van der Waals surface area contributed by atoms with Gasteiger partial charge in [-0.15, -0.1) is 11.8 Å². The molecule has 94 valence electrons. The van der Waals surface area contributed by atoms with Gasteiger partial charge in [-0.3, -0.25) is 9.59 Å². The van der Waals surface area contributed by atoms with Crippen LogP contribution in [0.15, 0.2) is 0 Å². The summed E-state index contributed by atoms with van der Waals surface area (Å²) in [5.74, 6) is -1.24. The van der Waals surface area contributed by atoms with E-state index >= 15 is 0 Å². The average Bonchev–Trinajstić information content (AvgIpc) is 2.10. The van der Waals surface area contributed by atoms with Crippen molar-refractivity contribution in [2.45, 2.75) is 6.42 Å². The summed E-state index contributed by atoms with van der Waals surface area (Å²) in [6, 6.07) is 0. The Labute approximate surface area is 98.7 Å². The van der Waals surface area contributed by atoms with Gasteiger partial charge in [0, 0.05) is 12.8 Å². The second-order valence-corrected chi connectivity index (χ2v) is 6.47. The molecule has 8 heteroatoms. The van der Waals surface area contributed by atoms with Gasteiger partial charge in [0.2, 0.25) is 5.91 Å². The molecule has 0 bridgehead atoms. The molecule has 0 aliphatic rings. The Balaban J connectivity index is 3.48. The molecule has 0 aliphatic carbocycles. The molecule has 0 radical (unpaired) electrons. The van der Waals surface area contributed by atoms with Crippen LogP contribution >= 0.6 is 11.8 Å². The normalized spacial score (nSPS) is 11.1. The summed E-state index contributed by atoms with van der Waals surface area (Å²) in [6.07, 6.45) is 1.51. The molecule has 0 aliphatic heterocycles. The van der Waals surface area contributed by atoms with Gasteiger partial charge < -0.3 is 10.4 Å². The maximum atomic E-state index is 11.1. The lowest BCUT2D eigenvalue weighted by molar-refractivity contribution is -0.133. The van der Waals surface area contributed by atoms with Gasteiger partial charge in [-0.05, 0) is 6.42 Å². The summed E-state index contributed by atoms with van der Waals surface area (Å²) in [6.45, 7) is 0.291. The third-order valence-electron chi connectivity index (χ3n) is 1.47. The number of sulfone groups is 1. The van der Waals surface area contributed by atoms with Crippen LogP contribution in [-0.4, -0.2) is 55.5 Å². The molecule has 2 N–H and O–H groups in total. The molecule has 0 saturated carbocycles. The minimum Gasteiger partial charge on any atom is -0.481 e. The smallest absolute Gasteiger partial charge is 0.313 e. The number of amides is 1. The van der Waals surface area contributed by atoms with Crippen molar-refractivity contribution in [2.24, 2.45) is 0 Å². The van der Waals surface area contributed by atoms with Gasteiger partial charge in [0.05, 0.1) is 17.3 Å². The molecule has 0 aromatic carbocycles. The number of carbonyl (C=O) groups is 2. The minimum atomic E-state index is -2.98. The third-order valence-corrected chi connectivity index (χ3v) is 3.42. The second-order valence-electron chi connectivity index (χ2n) is 3.22. The minimum absolute atomic E-state index is 0.0373. The molecular weight excluding hydrogens is 254 g/mol. The van der Waals surface area contributed by atoms with Crippen molar-refractivity contribution >= 4 is 33.5 Å². The van der Waals surface area contributed by atoms with Gasteiger partial charge in [-0.25, -0.2) is 8.42 Å². The number of carbonyl (C=O) groups excluding carboxylic acids is 1. The monoisotopic (exact) mass is 269 g/mol. The summed E-state index contributed by atoms with van der Waals surface area (Å²) in [5.41, 5.74) is 0. The topological polar surface area (TPSA) is 101 Å². The van der Waals surface area contributed by atoms with Gasteiger partial charge in [0.1, 0.15) is 9.84 Å². The number of aliphatic carboxylic acids is 1. The van der Waals surface area contributed by atoms with Crippen molar-refractivity contribution in [1.82, 2.24) is 5.32 Å². The summed E-state index contributed by atoms with van der Waals surface area (Å²) in [7, 11) is -2.98. The molecule has 0 fully saturated rings. The summed E-state index contributed by atoms with van der Waals surface area (Å²) >= 11 is 1.00. The summed E-state index contributed by atoms with van der Waals surface area (Å²) in [5, 5.41) is 10.8. The van der Waals surface area contributed by atoms with Crippen molar-refractivity contribution in [3.63, 3.8) is 0 Å². The Morgan fingerprint density at radius 1 is 1.31 bits per heavy atom. The first-order valence-corrected chi connectivity index (χ1v) is 7.77. The highest BCUT2D eigenvalue weighted by Gasteiger charge is 2.05. The van der Waals surface area contributed by atoms with Gasteiger partial charge in [-0.1, -0.05) is 0 Å². The van der Waals surface area contributed by atoms with Crippen LogP contribution in [0, 0.1) is 0 Å². The number of carboxylic acids is 1. The maximum Gasteiger partial charge on any atom is 0.313 e. The lowest BCUT2D eigenvalue weighted by atomic mass is 10.5. The van der Waals surface area contributed by atoms with Crippen molar-refractivity contribution in [2.75, 3.05) is 30.1 Å². The molecule has 0 heterocycles. The fourth-order valence-corrected chi connectivity index (χ4v) is 2.08. The van der Waals surface area contributed by atoms with Gasteiger partial charge in [0.25, 0.3) is 0 Å². The van der Waals surface area contributed by atoms with Crippen LogP contribution in [0.2, 0.25) is 0 Å². The quantitative estimate of drug-likeness (QED) is 0.568. The van der Waals surface area contributed by atoms with E-state index in [0.717, 1.165) is 18.0 Å². The molecule has 0 aromatic rings. The lowest BCUT2D eigenvalue weighted by Gasteiger charge is -2.03. The zero-order chi connectivity index (χ0) is 12.6. The van der Waals surface area contributed by atoms with E-state index in [1.54, 1.807) is 0 Å². The van der Waals surface area contributed by atoms with E-state index in [4.69, 9.17) is 5.11 Å². The molecule has 16 heavy (non-hydrogen) atoms. The number of nitrogens with one attached hydrogen (secondary N) is 1. The predicted octanol–water partition coefficient (Wildman–Crippen LogP) is -0.645. The third kappa shape index (κ3) is 11.3. The van der Waals surface area contributed by atoms with Crippen LogP contribution in [0.1, 0.15) is 6.42 Å². The first-order chi connectivity index (χ1) is 7.31. The molecule has 0 unspecified atom stereocenters. The van der Waals surface area contributed by atoms with Crippen LogP contribution in [0.5, 0.6) is 0 Å². The predicted molar refractivity (Wildman–Crippen MR) is 62.3 cm³/mol. The Bertz CT molecular complexity index is 338. The number of thioether (sulfide) groups is 1. The molecule has 0 aromatic heterocycles. The zero-order valence-corrected chi connectivity index (χ0v) is 10.6. The van der Waals surface area contributed by atoms with Gasteiger partial charge >= 0.3 is 5.97 Å². The lowest BCUT2D eigenvalue weighted by Crippen LogP contribution is -2.27. The Morgan fingerprint density at radius 3 is 2.44 bits per heavy atom. The fraction of sp³-hybridized carbons (Fsp3) is 0.750. The van der Waals surface area contributed by atoms with E-state index in [9.17, 15) is 18.0 Å². The van der Waals surface area contributed by atoms with E-state index in [1.807, 2.05) is 0 Å². The van der Waals surface area contributed by atoms with Crippen molar-refractivity contribution in [3.05, 3.63) is 0 Å². The van der Waals surface area contributed by atoms with Crippen molar-refractivity contribution in [3.8, 4) is 0 Å². The molecule has 0 atom stereocenters. The maximum absolute atomic E-state index is 11.1. The Hall–Kier alpha value is -0.760. The van der Waals surface area contributed by atoms with Crippen LogP contribution in [0.3, 0.4) is 0 Å². The van der Waals surface area contributed by atoms with E-state index in [-0.39, 0.29) is 23.2 Å². The van der Waals surface area contributed by atoms with E-state index in [2.05, 4.69) is 5.32 Å². The number of hydrogen-bond acceptors (Lipinski definition) is 5. The highest BCUT2D eigenvalue weighted by molar-refractivity contribution is 8.00. The fourth-order valence-electron chi connectivity index (χ4n) is 0.844. The molecule has 1 amide bonds. The van der Waals surface area contributed by atoms with Crippen LogP contribution in [0.25, 0.3) is 0 Å². The first-order valence-electron chi connectivity index (χ1n) is 4.55. The Morgan fingerprint density at radius 2 is 1.94 bits per heavy atom. The van der Waals surface area contributed by atoms with E-state index in [0.29, 0.717) is 13.0 Å². The number of carboxylic acid groups (broad SMARTS) is 1. The van der Waals surface area contributed by atoms with Crippen LogP contribution < -0.4 is 5.32 Å². The highest BCUT2D eigenvalue weighted by atomic mass is 32.2. The highest BCUT2D eigenvalue weighted by Crippen LogP contribution is 1.98. The van der Waals surface area contributed by atoms with Crippen LogP contribution in [-0.2, 0) is 19.4 Å². The molecule has 0 saturated heterocycles. The molecule has 0 rings (SSSR count). The first kappa shape index (κ1) is 15.2. The average molecular weight is 269 g/mol. The number of rotatable bonds is 8. The molecule has 6 nitrogen and oxygen atoms in total. The van der Waals surface area contributed by atoms with Crippen LogP contribution in [0.4, 0.5) is 0 Å². The van der Waals surface area contributed by atoms with E-state index < -0.39 is 15.8 Å². The summed E-state index contributed by atoms with van der Waals surface area (Å²) < 4.78 is 21.5. The summed E-state index contributed by atoms with van der Waals surface area (Å²) in [4.78, 5) is 21.2. The molecular formula is C8H15NO5S2.